The average Bonchev–Trinajstić information content (AvgIpc) is 2.48. The van der Waals surface area contributed by atoms with Gasteiger partial charge in [0.15, 0.2) is 0 Å². The molecule has 0 saturated carbocycles. The summed E-state index contributed by atoms with van der Waals surface area (Å²) in [5.74, 6) is -1.08. The Balaban J connectivity index is 2.32. The molecule has 1 saturated heterocycles. The minimum absolute atomic E-state index is 0.0596. The smallest absolute Gasteiger partial charge is 0.412 e. The maximum Gasteiger partial charge on any atom is 0.412 e. The van der Waals surface area contributed by atoms with Gasteiger partial charge in [-0.25, -0.2) is 9.59 Å². The van der Waals surface area contributed by atoms with E-state index in [2.05, 4.69) is 10.2 Å². The second kappa shape index (κ2) is 7.49. The highest BCUT2D eigenvalue weighted by atomic mass is 35.5. The largest absolute Gasteiger partial charge is 0.478 e. The molecule has 1 amide bonds. The maximum absolute atomic E-state index is 12.0. The monoisotopic (exact) mass is 369 g/mol. The van der Waals surface area contributed by atoms with Crippen molar-refractivity contribution in [3.8, 4) is 0 Å². The second-order valence-corrected chi connectivity index (χ2v) is 7.46. The Bertz CT molecular complexity index is 665. The third kappa shape index (κ3) is 5.24. The fourth-order valence-electron chi connectivity index (χ4n) is 2.51. The summed E-state index contributed by atoms with van der Waals surface area (Å²) >= 11 is 6.45. The highest BCUT2D eigenvalue weighted by molar-refractivity contribution is 6.36. The number of anilines is 2. The zero-order valence-corrected chi connectivity index (χ0v) is 15.7. The summed E-state index contributed by atoms with van der Waals surface area (Å²) in [7, 11) is 2.03. The van der Waals surface area contributed by atoms with Crippen molar-refractivity contribution in [1.29, 1.82) is 0 Å². The van der Waals surface area contributed by atoms with Gasteiger partial charge in [0.2, 0.25) is 0 Å². The first kappa shape index (κ1) is 19.3. The van der Waals surface area contributed by atoms with Crippen molar-refractivity contribution in [3.05, 3.63) is 22.7 Å². The van der Waals surface area contributed by atoms with Gasteiger partial charge in [-0.15, -0.1) is 0 Å². The SMILES string of the molecule is CN1CCN(c2cc(C(=O)O)cc(NC(=O)OC(C)(C)C)c2Cl)CC1. The van der Waals surface area contributed by atoms with Gasteiger partial charge in [0.25, 0.3) is 0 Å². The van der Waals surface area contributed by atoms with Crippen LogP contribution in [-0.2, 0) is 4.74 Å². The van der Waals surface area contributed by atoms with Gasteiger partial charge in [-0.2, -0.15) is 0 Å². The molecule has 1 aromatic carbocycles. The topological polar surface area (TPSA) is 82.1 Å². The number of nitrogens with one attached hydrogen (secondary N) is 1. The maximum atomic E-state index is 12.0. The Labute approximate surface area is 152 Å². The number of benzene rings is 1. The molecule has 0 aliphatic carbocycles. The fraction of sp³-hybridized carbons (Fsp3) is 0.529. The Morgan fingerprint density at radius 3 is 2.32 bits per heavy atom. The molecule has 0 radical (unpaired) electrons. The normalized spacial score (nSPS) is 15.8. The molecule has 0 unspecified atom stereocenters. The Hall–Kier alpha value is -1.99. The lowest BCUT2D eigenvalue weighted by atomic mass is 10.1. The molecule has 0 aromatic heterocycles. The van der Waals surface area contributed by atoms with E-state index in [9.17, 15) is 14.7 Å². The number of carbonyl (C=O) groups excluding carboxylic acids is 1. The molecule has 1 aliphatic heterocycles. The molecule has 138 valence electrons. The van der Waals surface area contributed by atoms with Crippen molar-refractivity contribution in [3.63, 3.8) is 0 Å². The summed E-state index contributed by atoms with van der Waals surface area (Å²) in [4.78, 5) is 27.7. The van der Waals surface area contributed by atoms with Crippen LogP contribution in [0.3, 0.4) is 0 Å². The van der Waals surface area contributed by atoms with E-state index in [-0.39, 0.29) is 11.3 Å². The van der Waals surface area contributed by atoms with Crippen molar-refractivity contribution in [2.45, 2.75) is 26.4 Å². The fourth-order valence-corrected chi connectivity index (χ4v) is 2.79. The highest BCUT2D eigenvalue weighted by Crippen LogP contribution is 2.35. The Kier molecular flexibility index (Phi) is 5.80. The summed E-state index contributed by atoms with van der Waals surface area (Å²) in [6.07, 6.45) is -0.679. The lowest BCUT2D eigenvalue weighted by Gasteiger charge is -2.35. The van der Waals surface area contributed by atoms with E-state index in [1.165, 1.54) is 12.1 Å². The molecule has 1 aliphatic rings. The third-order valence-corrected chi connectivity index (χ3v) is 4.18. The summed E-state index contributed by atoms with van der Waals surface area (Å²) < 4.78 is 5.22. The van der Waals surface area contributed by atoms with E-state index in [1.54, 1.807) is 20.8 Å². The molecule has 2 rings (SSSR count). The van der Waals surface area contributed by atoms with Gasteiger partial charge in [0.05, 0.1) is 22.0 Å². The van der Waals surface area contributed by atoms with E-state index < -0.39 is 17.7 Å². The lowest BCUT2D eigenvalue weighted by molar-refractivity contribution is 0.0633. The van der Waals surface area contributed by atoms with Gasteiger partial charge in [0, 0.05) is 26.2 Å². The molecule has 25 heavy (non-hydrogen) atoms. The van der Waals surface area contributed by atoms with E-state index in [4.69, 9.17) is 16.3 Å². The molecule has 1 fully saturated rings. The van der Waals surface area contributed by atoms with Crippen LogP contribution in [0.15, 0.2) is 12.1 Å². The zero-order chi connectivity index (χ0) is 18.8. The number of nitrogens with zero attached hydrogens (tertiary/aromatic N) is 2. The number of carboxylic acid groups (broad SMARTS) is 1. The number of carboxylic acids is 1. The zero-order valence-electron chi connectivity index (χ0n) is 14.9. The first-order valence-electron chi connectivity index (χ1n) is 8.07. The number of halogens is 1. The first-order valence-corrected chi connectivity index (χ1v) is 8.45. The quantitative estimate of drug-likeness (QED) is 0.851. The molecule has 0 bridgehead atoms. The molecule has 7 nitrogen and oxygen atoms in total. The summed E-state index contributed by atoms with van der Waals surface area (Å²) in [6.45, 7) is 8.40. The van der Waals surface area contributed by atoms with Crippen LogP contribution >= 0.6 is 11.6 Å². The van der Waals surface area contributed by atoms with Gasteiger partial charge in [-0.3, -0.25) is 5.32 Å². The molecule has 0 spiro atoms. The summed E-state index contributed by atoms with van der Waals surface area (Å²) in [5.41, 5.74) is 0.219. The van der Waals surface area contributed by atoms with Gasteiger partial charge in [-0.05, 0) is 40.0 Å². The van der Waals surface area contributed by atoms with Crippen LogP contribution in [0.25, 0.3) is 0 Å². The number of amides is 1. The van der Waals surface area contributed by atoms with Crippen molar-refractivity contribution in [2.24, 2.45) is 0 Å². The lowest BCUT2D eigenvalue weighted by Crippen LogP contribution is -2.44. The number of rotatable bonds is 3. The number of hydrogen-bond donors (Lipinski definition) is 2. The Morgan fingerprint density at radius 1 is 1.20 bits per heavy atom. The minimum Gasteiger partial charge on any atom is -0.478 e. The molecule has 1 aromatic rings. The number of carbonyl (C=O) groups is 2. The minimum atomic E-state index is -1.08. The van der Waals surface area contributed by atoms with Gasteiger partial charge < -0.3 is 19.6 Å². The standard InChI is InChI=1S/C17H24ClN3O4/c1-17(2,3)25-16(24)19-12-9-11(15(22)23)10-13(14(12)18)21-7-5-20(4)6-8-21/h9-10H,5-8H2,1-4H3,(H,19,24)(H,22,23). The highest BCUT2D eigenvalue weighted by Gasteiger charge is 2.23. The van der Waals surface area contributed by atoms with Crippen molar-refractivity contribution in [1.82, 2.24) is 4.90 Å². The van der Waals surface area contributed by atoms with E-state index in [1.807, 2.05) is 11.9 Å². The summed E-state index contributed by atoms with van der Waals surface area (Å²) in [6, 6.07) is 2.88. The van der Waals surface area contributed by atoms with Gasteiger partial charge >= 0.3 is 12.1 Å². The Morgan fingerprint density at radius 2 is 1.80 bits per heavy atom. The van der Waals surface area contributed by atoms with Crippen LogP contribution < -0.4 is 10.2 Å². The molecule has 0 atom stereocenters. The van der Waals surface area contributed by atoms with Crippen LogP contribution in [0, 0.1) is 0 Å². The average molecular weight is 370 g/mol. The van der Waals surface area contributed by atoms with Crippen LogP contribution in [-0.4, -0.2) is 60.9 Å². The van der Waals surface area contributed by atoms with Crippen LogP contribution in [0.4, 0.5) is 16.2 Å². The van der Waals surface area contributed by atoms with Gasteiger partial charge in [0.1, 0.15) is 5.60 Å². The number of ether oxygens (including phenoxy) is 1. The first-order chi connectivity index (χ1) is 11.6. The molecular weight excluding hydrogens is 346 g/mol. The predicted octanol–water partition coefficient (Wildman–Crippen LogP) is 3.14. The van der Waals surface area contributed by atoms with Crippen molar-refractivity contribution >= 4 is 35.0 Å². The van der Waals surface area contributed by atoms with E-state index >= 15 is 0 Å². The number of hydrogen-bond acceptors (Lipinski definition) is 5. The third-order valence-electron chi connectivity index (χ3n) is 3.78. The van der Waals surface area contributed by atoms with Crippen molar-refractivity contribution in [2.75, 3.05) is 43.4 Å². The van der Waals surface area contributed by atoms with Crippen molar-refractivity contribution < 1.29 is 19.4 Å². The molecular formula is C17H24ClN3O4. The van der Waals surface area contributed by atoms with Crippen LogP contribution in [0.5, 0.6) is 0 Å². The van der Waals surface area contributed by atoms with Crippen LogP contribution in [0.2, 0.25) is 5.02 Å². The molecule has 8 heteroatoms. The number of aromatic carboxylic acids is 1. The van der Waals surface area contributed by atoms with Crippen LogP contribution in [0.1, 0.15) is 31.1 Å². The molecule has 2 N–H and O–H groups in total. The predicted molar refractivity (Wildman–Crippen MR) is 98.0 cm³/mol. The second-order valence-electron chi connectivity index (χ2n) is 7.08. The van der Waals surface area contributed by atoms with E-state index in [0.29, 0.717) is 10.7 Å². The number of piperazine rings is 1. The summed E-state index contributed by atoms with van der Waals surface area (Å²) in [5, 5.41) is 12.2. The van der Waals surface area contributed by atoms with E-state index in [0.717, 1.165) is 26.2 Å². The molecule has 1 heterocycles. The van der Waals surface area contributed by atoms with Gasteiger partial charge in [-0.1, -0.05) is 11.6 Å². The number of likely N-dealkylation sites (N-methyl/N-ethyl adjacent to an activating group) is 1.